The van der Waals surface area contributed by atoms with E-state index in [-0.39, 0.29) is 0 Å². The fourth-order valence-electron chi connectivity index (χ4n) is 9.02. The Morgan fingerprint density at radius 3 is 1.61 bits per heavy atom. The molecular formula is C53H32N2O2. The highest BCUT2D eigenvalue weighted by Gasteiger charge is 2.26. The summed E-state index contributed by atoms with van der Waals surface area (Å²) < 4.78 is 13.4. The summed E-state index contributed by atoms with van der Waals surface area (Å²) in [6.07, 6.45) is 4.53. The zero-order valence-electron chi connectivity index (χ0n) is 30.7. The van der Waals surface area contributed by atoms with Crippen molar-refractivity contribution in [3.63, 3.8) is 0 Å². The predicted molar refractivity (Wildman–Crippen MR) is 237 cm³/mol. The van der Waals surface area contributed by atoms with Gasteiger partial charge in [0.25, 0.3) is 0 Å². The van der Waals surface area contributed by atoms with Crippen molar-refractivity contribution in [2.45, 2.75) is 6.42 Å². The average molecular weight is 729 g/mol. The number of furan rings is 2. The first-order valence-electron chi connectivity index (χ1n) is 19.3. The van der Waals surface area contributed by atoms with E-state index in [0.29, 0.717) is 6.42 Å². The quantitative estimate of drug-likeness (QED) is 0.126. The van der Waals surface area contributed by atoms with Crippen molar-refractivity contribution in [3.8, 4) is 11.8 Å². The van der Waals surface area contributed by atoms with E-state index in [1.165, 1.54) is 21.5 Å². The minimum Gasteiger partial charge on any atom is -0.454 e. The van der Waals surface area contributed by atoms with Crippen LogP contribution in [0.1, 0.15) is 11.3 Å². The van der Waals surface area contributed by atoms with Crippen molar-refractivity contribution in [3.05, 3.63) is 187 Å². The molecule has 0 saturated carbocycles. The van der Waals surface area contributed by atoms with Crippen molar-refractivity contribution in [1.29, 1.82) is 0 Å². The lowest BCUT2D eigenvalue weighted by atomic mass is 9.91. The Morgan fingerprint density at radius 1 is 0.421 bits per heavy atom. The van der Waals surface area contributed by atoms with Gasteiger partial charge in [-0.25, -0.2) is 0 Å². The van der Waals surface area contributed by atoms with E-state index in [9.17, 15) is 0 Å². The molecule has 0 spiro atoms. The second-order valence-corrected chi connectivity index (χ2v) is 14.6. The van der Waals surface area contributed by atoms with Crippen molar-refractivity contribution in [2.75, 3.05) is 9.80 Å². The molecule has 4 nitrogen and oxygen atoms in total. The van der Waals surface area contributed by atoms with Crippen molar-refractivity contribution in [1.82, 2.24) is 0 Å². The monoisotopic (exact) mass is 728 g/mol. The van der Waals surface area contributed by atoms with Crippen LogP contribution in [-0.4, -0.2) is 0 Å². The molecule has 0 saturated heterocycles. The smallest absolute Gasteiger partial charge is 0.159 e. The second kappa shape index (κ2) is 12.4. The summed E-state index contributed by atoms with van der Waals surface area (Å²) in [4.78, 5) is 4.71. The second-order valence-electron chi connectivity index (χ2n) is 14.6. The molecule has 0 atom stereocenters. The summed E-state index contributed by atoms with van der Waals surface area (Å²) >= 11 is 0. The van der Waals surface area contributed by atoms with E-state index in [1.54, 1.807) is 0 Å². The molecule has 0 amide bonds. The molecule has 2 aromatic heterocycles. The van der Waals surface area contributed by atoms with Crippen LogP contribution in [0, 0.1) is 11.8 Å². The Hall–Kier alpha value is -7.74. The molecule has 4 heteroatoms. The number of hydrogen-bond acceptors (Lipinski definition) is 4. The fourth-order valence-corrected chi connectivity index (χ4v) is 9.02. The lowest BCUT2D eigenvalue weighted by molar-refractivity contribution is 0.601. The van der Waals surface area contributed by atoms with Crippen LogP contribution < -0.4 is 9.80 Å². The summed E-state index contributed by atoms with van der Waals surface area (Å²) in [5.41, 5.74) is 9.97. The van der Waals surface area contributed by atoms with Gasteiger partial charge in [0.05, 0.1) is 22.7 Å². The van der Waals surface area contributed by atoms with Crippen LogP contribution in [0.5, 0.6) is 0 Å². The first-order valence-corrected chi connectivity index (χ1v) is 19.3. The van der Waals surface area contributed by atoms with E-state index < -0.39 is 0 Å². The normalized spacial score (nSPS) is 12.4. The molecule has 1 aliphatic carbocycles. The van der Waals surface area contributed by atoms with Gasteiger partial charge in [-0.05, 0) is 88.3 Å². The predicted octanol–water partition coefficient (Wildman–Crippen LogP) is 14.7. The highest BCUT2D eigenvalue weighted by atomic mass is 16.3. The third-order valence-electron chi connectivity index (χ3n) is 11.5. The van der Waals surface area contributed by atoms with Crippen molar-refractivity contribution in [2.24, 2.45) is 0 Å². The SMILES string of the molecule is C1#CCc2c(oc3c(N(c4ccccc4)c4ccc5ccc6c(N(c7ccccc7)c7cccc8c7oc7ccccc78)ccc7ccc4c5c76)cccc23)C=C1. The molecule has 57 heavy (non-hydrogen) atoms. The molecule has 0 radical (unpaired) electrons. The first kappa shape index (κ1) is 31.6. The third kappa shape index (κ3) is 4.76. The summed E-state index contributed by atoms with van der Waals surface area (Å²) in [5, 5.41) is 10.4. The van der Waals surface area contributed by atoms with Gasteiger partial charge in [0.2, 0.25) is 0 Å². The molecule has 9 aromatic carbocycles. The zero-order valence-corrected chi connectivity index (χ0v) is 30.7. The third-order valence-corrected chi connectivity index (χ3v) is 11.5. The van der Waals surface area contributed by atoms with Gasteiger partial charge in [-0.3, -0.25) is 0 Å². The van der Waals surface area contributed by atoms with Crippen LogP contribution in [0.25, 0.3) is 71.3 Å². The van der Waals surface area contributed by atoms with E-state index in [0.717, 1.165) is 89.1 Å². The summed E-state index contributed by atoms with van der Waals surface area (Å²) in [5.74, 6) is 7.24. The molecule has 0 fully saturated rings. The molecule has 1 aliphatic rings. The van der Waals surface area contributed by atoms with Gasteiger partial charge >= 0.3 is 0 Å². The van der Waals surface area contributed by atoms with E-state index in [1.807, 2.05) is 24.3 Å². The Balaban J connectivity index is 1.12. The molecule has 2 heterocycles. The molecule has 266 valence electrons. The first-order chi connectivity index (χ1) is 28.3. The van der Waals surface area contributed by atoms with Crippen LogP contribution >= 0.6 is 0 Å². The van der Waals surface area contributed by atoms with Gasteiger partial charge in [-0.15, -0.1) is 0 Å². The molecule has 11 aromatic rings. The lowest BCUT2D eigenvalue weighted by Crippen LogP contribution is -2.11. The van der Waals surface area contributed by atoms with Gasteiger partial charge in [0.1, 0.15) is 11.3 Å². The number of anilines is 6. The molecule has 0 bridgehead atoms. The Kier molecular flexibility index (Phi) is 6.87. The van der Waals surface area contributed by atoms with Gasteiger partial charge < -0.3 is 18.6 Å². The van der Waals surface area contributed by atoms with E-state index in [4.69, 9.17) is 8.83 Å². The number of rotatable bonds is 6. The number of allylic oxidation sites excluding steroid dienone is 1. The minimum atomic E-state index is 0.649. The van der Waals surface area contributed by atoms with Crippen LogP contribution in [0.3, 0.4) is 0 Å². The number of fused-ring (bicyclic) bond motifs is 6. The molecule has 0 N–H and O–H groups in total. The highest BCUT2D eigenvalue weighted by molar-refractivity contribution is 6.28. The van der Waals surface area contributed by atoms with E-state index >= 15 is 0 Å². The van der Waals surface area contributed by atoms with Crippen LogP contribution in [-0.2, 0) is 6.42 Å². The van der Waals surface area contributed by atoms with Gasteiger partial charge in [0, 0.05) is 50.3 Å². The van der Waals surface area contributed by atoms with Gasteiger partial charge in [-0.1, -0.05) is 127 Å². The maximum Gasteiger partial charge on any atom is 0.159 e. The average Bonchev–Trinajstić information content (AvgIpc) is 3.74. The van der Waals surface area contributed by atoms with Gasteiger partial charge in [0.15, 0.2) is 11.2 Å². The number of para-hydroxylation sites is 5. The lowest BCUT2D eigenvalue weighted by Gasteiger charge is -2.29. The topological polar surface area (TPSA) is 32.8 Å². The standard InChI is InChI=1S/C53H32N2O2/c1-4-14-36(15-5-1)54(46-22-12-20-40-38-18-8-3-9-24-48(38)56-52(40)46)44-32-28-34-27-31-43-45(33-29-35-26-30-42(44)50(34)51(35)43)55(37-16-6-2-7-17-37)47-23-13-21-41-39-19-10-11-25-49(39)57-53(41)47/h1-2,4-7,9-17,19-33H,18H2. The summed E-state index contributed by atoms with van der Waals surface area (Å²) in [7, 11) is 0. The van der Waals surface area contributed by atoms with Crippen molar-refractivity contribution < 1.29 is 8.83 Å². The number of benzene rings is 9. The Labute approximate surface area is 328 Å². The number of nitrogens with zero attached hydrogens (tertiary/aromatic N) is 2. The summed E-state index contributed by atoms with van der Waals surface area (Å²) in [6, 6.07) is 60.6. The van der Waals surface area contributed by atoms with Crippen LogP contribution in [0.2, 0.25) is 0 Å². The van der Waals surface area contributed by atoms with Crippen LogP contribution in [0.15, 0.2) is 185 Å². The van der Waals surface area contributed by atoms with Gasteiger partial charge in [-0.2, -0.15) is 0 Å². The Morgan fingerprint density at radius 2 is 0.965 bits per heavy atom. The molecule has 0 unspecified atom stereocenters. The van der Waals surface area contributed by atoms with E-state index in [2.05, 4.69) is 179 Å². The van der Waals surface area contributed by atoms with Crippen molar-refractivity contribution >= 4 is 105 Å². The molecule has 12 rings (SSSR count). The largest absolute Gasteiger partial charge is 0.454 e. The maximum absolute atomic E-state index is 6.70. The van der Waals surface area contributed by atoms with Crippen LogP contribution in [0.4, 0.5) is 34.1 Å². The molecule has 0 aliphatic heterocycles. The Bertz CT molecular complexity index is 3450. The minimum absolute atomic E-state index is 0.649. The summed E-state index contributed by atoms with van der Waals surface area (Å²) in [6.45, 7) is 0. The zero-order chi connectivity index (χ0) is 37.5. The number of hydrogen-bond donors (Lipinski definition) is 0. The highest BCUT2D eigenvalue weighted by Crippen LogP contribution is 2.50. The maximum atomic E-state index is 6.70. The fraction of sp³-hybridized carbons (Fsp3) is 0.0189. The molecular weight excluding hydrogens is 697 g/mol.